The summed E-state index contributed by atoms with van der Waals surface area (Å²) in [6.07, 6.45) is -1.82. The van der Waals surface area contributed by atoms with E-state index in [1.807, 2.05) is 0 Å². The molecular weight excluding hydrogens is 493 g/mol. The van der Waals surface area contributed by atoms with E-state index < -0.39 is 67.2 Å². The first kappa shape index (κ1) is 24.3. The summed E-state index contributed by atoms with van der Waals surface area (Å²) in [5, 5.41) is 28.5. The molecule has 0 amide bonds. The smallest absolute Gasteiger partial charge is 0.478 e. The van der Waals surface area contributed by atoms with Crippen molar-refractivity contribution in [2.24, 2.45) is 0 Å². The van der Waals surface area contributed by atoms with Crippen LogP contribution in [0.4, 0.5) is 5.95 Å². The van der Waals surface area contributed by atoms with Gasteiger partial charge in [-0.15, -0.1) is 0 Å². The predicted octanol–water partition coefficient (Wildman–Crippen LogP) is -0.0574. The first-order valence-electron chi connectivity index (χ1n) is 9.78. The quantitative estimate of drug-likeness (QED) is 0.217. The monoisotopic (exact) mass is 511 g/mol. The summed E-state index contributed by atoms with van der Waals surface area (Å²) in [4.78, 5) is 54.6. The molecule has 1 saturated heterocycles. The third-order valence-corrected chi connectivity index (χ3v) is 5.96. The van der Waals surface area contributed by atoms with Gasteiger partial charge < -0.3 is 30.3 Å². The van der Waals surface area contributed by atoms with Gasteiger partial charge in [0.15, 0.2) is 11.2 Å². The van der Waals surface area contributed by atoms with Crippen molar-refractivity contribution in [2.75, 3.05) is 12.3 Å². The van der Waals surface area contributed by atoms with Crippen LogP contribution in [0, 0.1) is 0 Å². The van der Waals surface area contributed by atoms with E-state index in [0.717, 1.165) is 18.2 Å². The molecule has 186 valence electrons. The molecule has 0 saturated carbocycles. The van der Waals surface area contributed by atoms with Crippen molar-refractivity contribution in [3.05, 3.63) is 46.0 Å². The lowest BCUT2D eigenvalue weighted by atomic mass is 10.1. The number of ether oxygens (including phenoxy) is 1. The van der Waals surface area contributed by atoms with E-state index in [2.05, 4.69) is 15.0 Å². The maximum atomic E-state index is 12.3. The van der Waals surface area contributed by atoms with Crippen LogP contribution in [-0.4, -0.2) is 70.5 Å². The lowest BCUT2D eigenvalue weighted by Gasteiger charge is -2.18. The van der Waals surface area contributed by atoms with Crippen molar-refractivity contribution in [1.29, 1.82) is 0 Å². The van der Waals surface area contributed by atoms with E-state index in [1.54, 1.807) is 0 Å². The number of aromatic carboxylic acids is 2. The Bertz CT molecular complexity index is 1420. The molecule has 0 spiro atoms. The van der Waals surface area contributed by atoms with Gasteiger partial charge in [-0.1, -0.05) is 0 Å². The first-order chi connectivity index (χ1) is 16.4. The van der Waals surface area contributed by atoms with Gasteiger partial charge in [0.2, 0.25) is 5.95 Å². The number of benzene rings is 1. The van der Waals surface area contributed by atoms with Crippen LogP contribution in [-0.2, 0) is 13.8 Å². The van der Waals surface area contributed by atoms with Gasteiger partial charge in [0.25, 0.3) is 5.56 Å². The number of aromatic nitrogens is 4. The average Bonchev–Trinajstić information content (AvgIpc) is 3.35. The van der Waals surface area contributed by atoms with Crippen LogP contribution in [0.25, 0.3) is 11.2 Å². The minimum absolute atomic E-state index is 0.0000965. The van der Waals surface area contributed by atoms with Crippen LogP contribution >= 0.6 is 7.82 Å². The number of aliphatic hydroxyl groups excluding tert-OH is 1. The topological polar surface area (TPSA) is 249 Å². The molecule has 1 aliphatic rings. The highest BCUT2D eigenvalue weighted by atomic mass is 31.2. The number of hydrogen-bond acceptors (Lipinski definition) is 11. The van der Waals surface area contributed by atoms with Crippen molar-refractivity contribution in [3.63, 3.8) is 0 Å². The summed E-state index contributed by atoms with van der Waals surface area (Å²) in [5.74, 6) is -3.67. The maximum Gasteiger partial charge on any atom is 0.527 e. The number of rotatable bonds is 8. The molecular formula is C18H18N5O11P. The number of aliphatic hydroxyl groups is 1. The van der Waals surface area contributed by atoms with E-state index >= 15 is 0 Å². The maximum absolute atomic E-state index is 12.3. The second-order valence-corrected chi connectivity index (χ2v) is 8.76. The molecule has 4 atom stereocenters. The molecule has 3 aromatic rings. The third kappa shape index (κ3) is 5.01. The van der Waals surface area contributed by atoms with Crippen molar-refractivity contribution >= 4 is 36.9 Å². The van der Waals surface area contributed by atoms with E-state index in [-0.39, 0.29) is 23.5 Å². The van der Waals surface area contributed by atoms with Crippen LogP contribution < -0.4 is 15.8 Å². The lowest BCUT2D eigenvalue weighted by molar-refractivity contribution is -0.0420. The van der Waals surface area contributed by atoms with Crippen LogP contribution in [0.15, 0.2) is 29.3 Å². The molecule has 0 aliphatic carbocycles. The fraction of sp³-hybridized carbons (Fsp3) is 0.278. The molecule has 1 unspecified atom stereocenters. The van der Waals surface area contributed by atoms with Crippen molar-refractivity contribution in [3.8, 4) is 5.75 Å². The number of nitrogens with two attached hydrogens (primary N) is 1. The zero-order chi connectivity index (χ0) is 25.5. The zero-order valence-electron chi connectivity index (χ0n) is 17.5. The fourth-order valence-electron chi connectivity index (χ4n) is 3.46. The largest absolute Gasteiger partial charge is 0.527 e. The molecule has 1 aromatic carbocycles. The van der Waals surface area contributed by atoms with Crippen molar-refractivity contribution in [1.82, 2.24) is 19.5 Å². The van der Waals surface area contributed by atoms with Gasteiger partial charge in [0.05, 0.1) is 30.2 Å². The van der Waals surface area contributed by atoms with E-state index in [9.17, 15) is 28.9 Å². The van der Waals surface area contributed by atoms with Gasteiger partial charge in [0.1, 0.15) is 18.1 Å². The fourth-order valence-corrected chi connectivity index (χ4v) is 4.23. The van der Waals surface area contributed by atoms with E-state index in [1.165, 1.54) is 10.9 Å². The number of phosphoric ester groups is 1. The minimum atomic E-state index is -4.84. The number of fused-ring (bicyclic) bond motifs is 1. The molecule has 16 nitrogen and oxygen atoms in total. The standard InChI is InChI=1S/C18H18N5O11P/c19-18-21-14-13(15(25)22-18)20-6-23(14)12-4-10(24)11(33-12)5-32-35(30,31)34-7-1-2-8(16(26)27)9(3-7)17(28)29/h1-3,6,10-12,24H,4-5H2,(H,26,27)(H,28,29)(H,30,31)(H3,19,21,22,25)/t10-,11+,12+/m0/s1. The van der Waals surface area contributed by atoms with Crippen molar-refractivity contribution in [2.45, 2.75) is 24.9 Å². The Morgan fingerprint density at radius 1 is 1.29 bits per heavy atom. The first-order valence-corrected chi connectivity index (χ1v) is 11.3. The highest BCUT2D eigenvalue weighted by molar-refractivity contribution is 7.47. The summed E-state index contributed by atoms with van der Waals surface area (Å²) in [6, 6.07) is 2.65. The SMILES string of the molecule is Nc1nc2c(ncn2[C@H]2C[C@H](O)[C@@H](COP(=O)(O)Oc3ccc(C(=O)O)c(C(=O)O)c3)O2)c(=O)[nH]1. The van der Waals surface area contributed by atoms with Crippen molar-refractivity contribution < 1.29 is 48.2 Å². The van der Waals surface area contributed by atoms with E-state index in [0.29, 0.717) is 0 Å². The van der Waals surface area contributed by atoms with Gasteiger partial charge >= 0.3 is 19.8 Å². The predicted molar refractivity (Wildman–Crippen MR) is 114 cm³/mol. The third-order valence-electron chi connectivity index (χ3n) is 5.04. The summed E-state index contributed by atoms with van der Waals surface area (Å²) in [5.41, 5.74) is 3.90. The molecule has 17 heteroatoms. The molecule has 0 bridgehead atoms. The van der Waals surface area contributed by atoms with Crippen LogP contribution in [0.1, 0.15) is 33.4 Å². The molecule has 1 aliphatic heterocycles. The number of carboxylic acids is 2. The molecule has 1 fully saturated rings. The summed E-state index contributed by atoms with van der Waals surface area (Å²) < 4.78 is 29.1. The van der Waals surface area contributed by atoms with Gasteiger partial charge in [-0.2, -0.15) is 4.98 Å². The highest BCUT2D eigenvalue weighted by Gasteiger charge is 2.38. The lowest BCUT2D eigenvalue weighted by Crippen LogP contribution is -2.26. The molecule has 0 radical (unpaired) electrons. The Kier molecular flexibility index (Phi) is 6.31. The molecule has 4 rings (SSSR count). The summed E-state index contributed by atoms with van der Waals surface area (Å²) in [7, 11) is -4.84. The Hall–Kier alpha value is -3.82. The Labute approximate surface area is 194 Å². The average molecular weight is 511 g/mol. The number of aromatic amines is 1. The number of carboxylic acid groups (broad SMARTS) is 2. The number of carbonyl (C=O) groups is 2. The van der Waals surface area contributed by atoms with Gasteiger partial charge in [-0.3, -0.25) is 23.8 Å². The van der Waals surface area contributed by atoms with Gasteiger partial charge in [-0.05, 0) is 18.2 Å². The number of imidazole rings is 1. The number of anilines is 1. The summed E-state index contributed by atoms with van der Waals surface area (Å²) >= 11 is 0. The zero-order valence-corrected chi connectivity index (χ0v) is 18.4. The highest BCUT2D eigenvalue weighted by Crippen LogP contribution is 2.45. The number of H-pyrrole nitrogens is 1. The second-order valence-electron chi connectivity index (χ2n) is 7.38. The summed E-state index contributed by atoms with van der Waals surface area (Å²) in [6.45, 7) is -0.604. The minimum Gasteiger partial charge on any atom is -0.478 e. The van der Waals surface area contributed by atoms with Crippen LogP contribution in [0.2, 0.25) is 0 Å². The molecule has 7 N–H and O–H groups in total. The van der Waals surface area contributed by atoms with Crippen LogP contribution in [0.3, 0.4) is 0 Å². The normalized spacial score (nSPS) is 21.6. The van der Waals surface area contributed by atoms with Crippen LogP contribution in [0.5, 0.6) is 5.75 Å². The molecule has 3 heterocycles. The van der Waals surface area contributed by atoms with E-state index in [4.69, 9.17) is 29.7 Å². The second kappa shape index (κ2) is 9.09. The number of nitrogens with zero attached hydrogens (tertiary/aromatic N) is 3. The van der Waals surface area contributed by atoms with Gasteiger partial charge in [0, 0.05) is 6.42 Å². The number of nitrogens with one attached hydrogen (secondary N) is 1. The number of phosphoric acid groups is 1. The molecule has 35 heavy (non-hydrogen) atoms. The Morgan fingerprint density at radius 3 is 2.69 bits per heavy atom. The molecule has 2 aromatic heterocycles. The Morgan fingerprint density at radius 2 is 2.00 bits per heavy atom. The Balaban J connectivity index is 1.44. The van der Waals surface area contributed by atoms with Gasteiger partial charge in [-0.25, -0.2) is 19.1 Å². The number of hydrogen-bond donors (Lipinski definition) is 6. The number of nitrogen functional groups attached to an aromatic ring is 1.